The van der Waals surface area contributed by atoms with E-state index in [4.69, 9.17) is 4.74 Å². The summed E-state index contributed by atoms with van der Waals surface area (Å²) in [6.07, 6.45) is 1.37. The van der Waals surface area contributed by atoms with Crippen LogP contribution in [0.2, 0.25) is 0 Å². The van der Waals surface area contributed by atoms with Crippen molar-refractivity contribution in [2.45, 2.75) is 19.8 Å². The van der Waals surface area contributed by atoms with Crippen LogP contribution in [0.5, 0.6) is 5.75 Å². The molecule has 1 rings (SSSR count). The fourth-order valence-electron chi connectivity index (χ4n) is 1.62. The van der Waals surface area contributed by atoms with E-state index >= 15 is 0 Å². The summed E-state index contributed by atoms with van der Waals surface area (Å²) in [6, 6.07) is 5.91. The van der Waals surface area contributed by atoms with Gasteiger partial charge >= 0.3 is 0 Å². The van der Waals surface area contributed by atoms with E-state index < -0.39 is 0 Å². The maximum Gasteiger partial charge on any atom is 0.227 e. The van der Waals surface area contributed by atoms with Crippen LogP contribution in [-0.4, -0.2) is 25.8 Å². The Labute approximate surface area is 108 Å². The smallest absolute Gasteiger partial charge is 0.227 e. The molecule has 4 heteroatoms. The minimum atomic E-state index is 0.0477. The van der Waals surface area contributed by atoms with E-state index in [9.17, 15) is 4.79 Å². The average molecular weight is 253 g/mol. The number of rotatable bonds is 5. The molecule has 1 amide bonds. The molecule has 0 aliphatic rings. The van der Waals surface area contributed by atoms with E-state index in [-0.39, 0.29) is 5.91 Å². The van der Waals surface area contributed by atoms with E-state index in [0.717, 1.165) is 17.9 Å². The highest BCUT2D eigenvalue weighted by Gasteiger charge is 2.14. The third-order valence-corrected chi connectivity index (χ3v) is 2.94. The Morgan fingerprint density at radius 2 is 2.18 bits per heavy atom. The number of amides is 1. The number of nitrogens with zero attached hydrogens (tertiary/aromatic N) is 1. The van der Waals surface area contributed by atoms with Crippen LogP contribution in [0.4, 0.5) is 5.69 Å². The molecule has 0 atom stereocenters. The van der Waals surface area contributed by atoms with Crippen molar-refractivity contribution >= 4 is 24.2 Å². The van der Waals surface area contributed by atoms with Gasteiger partial charge in [0.1, 0.15) is 5.75 Å². The predicted molar refractivity (Wildman–Crippen MR) is 74.3 cm³/mol. The lowest BCUT2D eigenvalue weighted by Crippen LogP contribution is -2.26. The number of anilines is 1. The van der Waals surface area contributed by atoms with Crippen LogP contribution < -0.4 is 9.64 Å². The van der Waals surface area contributed by atoms with Crippen molar-refractivity contribution in [1.29, 1.82) is 0 Å². The van der Waals surface area contributed by atoms with Gasteiger partial charge in [-0.25, -0.2) is 0 Å². The Morgan fingerprint density at radius 3 is 2.71 bits per heavy atom. The minimum Gasteiger partial charge on any atom is -0.495 e. The Hall–Kier alpha value is -1.16. The normalized spacial score (nSPS) is 10.1. The molecule has 0 aliphatic carbocycles. The lowest BCUT2D eigenvalue weighted by Gasteiger charge is -2.20. The van der Waals surface area contributed by atoms with Crippen molar-refractivity contribution in [3.05, 3.63) is 23.8 Å². The van der Waals surface area contributed by atoms with Gasteiger partial charge in [0, 0.05) is 13.5 Å². The van der Waals surface area contributed by atoms with Crippen LogP contribution in [0.3, 0.4) is 0 Å². The molecule has 0 unspecified atom stereocenters. The summed E-state index contributed by atoms with van der Waals surface area (Å²) in [7, 11) is 3.38. The van der Waals surface area contributed by atoms with Crippen molar-refractivity contribution in [2.24, 2.45) is 0 Å². The molecule has 0 saturated carbocycles. The number of carbonyl (C=O) groups is 1. The fourth-order valence-corrected chi connectivity index (χ4v) is 1.81. The molecule has 0 fully saturated rings. The SMILES string of the molecule is CCc1ccc(OC)c(N(C)C(=O)CCS)c1. The van der Waals surface area contributed by atoms with Crippen LogP contribution in [0.15, 0.2) is 18.2 Å². The maximum absolute atomic E-state index is 11.8. The topological polar surface area (TPSA) is 29.5 Å². The van der Waals surface area contributed by atoms with Crippen LogP contribution in [0.25, 0.3) is 0 Å². The number of methoxy groups -OCH3 is 1. The fraction of sp³-hybridized carbons (Fsp3) is 0.462. The van der Waals surface area contributed by atoms with Gasteiger partial charge in [-0.3, -0.25) is 4.79 Å². The third kappa shape index (κ3) is 3.40. The number of hydrogen-bond donors (Lipinski definition) is 1. The minimum absolute atomic E-state index is 0.0477. The Kier molecular flexibility index (Phi) is 5.35. The van der Waals surface area contributed by atoms with Gasteiger partial charge in [-0.1, -0.05) is 13.0 Å². The van der Waals surface area contributed by atoms with Crippen LogP contribution >= 0.6 is 12.6 Å². The predicted octanol–water partition coefficient (Wildman–Crippen LogP) is 2.54. The summed E-state index contributed by atoms with van der Waals surface area (Å²) >= 11 is 4.08. The van der Waals surface area contributed by atoms with E-state index in [0.29, 0.717) is 12.2 Å². The maximum atomic E-state index is 11.8. The summed E-state index contributed by atoms with van der Waals surface area (Å²) in [5.41, 5.74) is 2.00. The van der Waals surface area contributed by atoms with Gasteiger partial charge in [0.15, 0.2) is 0 Å². The zero-order valence-corrected chi connectivity index (χ0v) is 11.5. The molecule has 0 aliphatic heterocycles. The zero-order valence-electron chi connectivity index (χ0n) is 10.6. The average Bonchev–Trinajstić information content (AvgIpc) is 2.37. The Morgan fingerprint density at radius 1 is 1.47 bits per heavy atom. The summed E-state index contributed by atoms with van der Waals surface area (Å²) in [5, 5.41) is 0. The summed E-state index contributed by atoms with van der Waals surface area (Å²) < 4.78 is 5.28. The van der Waals surface area contributed by atoms with Gasteiger partial charge in [-0.05, 0) is 29.9 Å². The Balaban J connectivity index is 3.04. The van der Waals surface area contributed by atoms with Crippen molar-refractivity contribution in [1.82, 2.24) is 0 Å². The number of carbonyl (C=O) groups excluding carboxylic acids is 1. The standard InChI is InChI=1S/C13H19NO2S/c1-4-10-5-6-12(16-3)11(9-10)14(2)13(15)7-8-17/h5-6,9,17H,4,7-8H2,1-3H3. The second kappa shape index (κ2) is 6.55. The summed E-state index contributed by atoms with van der Waals surface area (Å²) in [4.78, 5) is 13.5. The molecule has 0 bridgehead atoms. The van der Waals surface area contributed by atoms with Crippen LogP contribution in [0.1, 0.15) is 18.9 Å². The van der Waals surface area contributed by atoms with Crippen LogP contribution in [0, 0.1) is 0 Å². The van der Waals surface area contributed by atoms with Crippen molar-refractivity contribution < 1.29 is 9.53 Å². The van der Waals surface area contributed by atoms with Gasteiger partial charge in [0.25, 0.3) is 0 Å². The zero-order chi connectivity index (χ0) is 12.8. The molecular formula is C13H19NO2S. The van der Waals surface area contributed by atoms with E-state index in [1.165, 1.54) is 5.56 Å². The van der Waals surface area contributed by atoms with Crippen LogP contribution in [-0.2, 0) is 11.2 Å². The van der Waals surface area contributed by atoms with E-state index in [1.54, 1.807) is 19.1 Å². The monoisotopic (exact) mass is 253 g/mol. The first-order valence-electron chi connectivity index (χ1n) is 5.68. The Bertz CT molecular complexity index is 393. The molecule has 0 spiro atoms. The highest BCUT2D eigenvalue weighted by Crippen LogP contribution is 2.29. The molecule has 0 radical (unpaired) electrons. The van der Waals surface area contributed by atoms with Crippen molar-refractivity contribution in [2.75, 3.05) is 24.8 Å². The third-order valence-electron chi connectivity index (χ3n) is 2.71. The summed E-state index contributed by atoms with van der Waals surface area (Å²) in [6.45, 7) is 2.08. The molecule has 17 heavy (non-hydrogen) atoms. The lowest BCUT2D eigenvalue weighted by molar-refractivity contribution is -0.117. The lowest BCUT2D eigenvalue weighted by atomic mass is 10.1. The molecule has 0 heterocycles. The molecular weight excluding hydrogens is 234 g/mol. The first-order valence-corrected chi connectivity index (χ1v) is 6.31. The van der Waals surface area contributed by atoms with E-state index in [2.05, 4.69) is 19.6 Å². The summed E-state index contributed by atoms with van der Waals surface area (Å²) in [5.74, 6) is 1.32. The molecule has 0 N–H and O–H groups in total. The molecule has 0 saturated heterocycles. The first kappa shape index (κ1) is 13.9. The van der Waals surface area contributed by atoms with Gasteiger partial charge < -0.3 is 9.64 Å². The molecule has 1 aromatic carbocycles. The first-order chi connectivity index (χ1) is 8.13. The molecule has 0 aromatic heterocycles. The van der Waals surface area contributed by atoms with Crippen molar-refractivity contribution in [3.8, 4) is 5.75 Å². The molecule has 3 nitrogen and oxygen atoms in total. The van der Waals surface area contributed by atoms with Crippen molar-refractivity contribution in [3.63, 3.8) is 0 Å². The van der Waals surface area contributed by atoms with Gasteiger partial charge in [0.2, 0.25) is 5.91 Å². The van der Waals surface area contributed by atoms with Gasteiger partial charge in [0.05, 0.1) is 12.8 Å². The van der Waals surface area contributed by atoms with Gasteiger partial charge in [-0.15, -0.1) is 0 Å². The number of ether oxygens (including phenoxy) is 1. The number of benzene rings is 1. The molecule has 1 aromatic rings. The highest BCUT2D eigenvalue weighted by molar-refractivity contribution is 7.80. The highest BCUT2D eigenvalue weighted by atomic mass is 32.1. The number of hydrogen-bond acceptors (Lipinski definition) is 3. The van der Waals surface area contributed by atoms with E-state index in [1.807, 2.05) is 18.2 Å². The van der Waals surface area contributed by atoms with Gasteiger partial charge in [-0.2, -0.15) is 12.6 Å². The molecule has 94 valence electrons. The second-order valence-electron chi connectivity index (χ2n) is 3.79. The quantitative estimate of drug-likeness (QED) is 0.817. The number of thiol groups is 1. The second-order valence-corrected chi connectivity index (χ2v) is 4.23. The largest absolute Gasteiger partial charge is 0.495 e. The number of aryl methyl sites for hydroxylation is 1.